The number of carboxylic acid groups (broad SMARTS) is 1. The summed E-state index contributed by atoms with van der Waals surface area (Å²) in [7, 11) is 1.51. The fourth-order valence-electron chi connectivity index (χ4n) is 2.25. The number of carbonyl (C=O) groups excluding carboxylic acids is 1. The molecule has 1 heterocycles. The zero-order valence-electron chi connectivity index (χ0n) is 13.3. The van der Waals surface area contributed by atoms with Gasteiger partial charge in [0.2, 0.25) is 0 Å². The highest BCUT2D eigenvalue weighted by molar-refractivity contribution is 5.96. The second-order valence-corrected chi connectivity index (χ2v) is 5.31. The molecule has 2 rings (SSSR count). The lowest BCUT2D eigenvalue weighted by Crippen LogP contribution is -2.29. The highest BCUT2D eigenvalue weighted by Gasteiger charge is 2.13. The summed E-state index contributed by atoms with van der Waals surface area (Å²) in [5, 5.41) is 11.8. The first-order valence-electron chi connectivity index (χ1n) is 7.63. The van der Waals surface area contributed by atoms with Gasteiger partial charge in [0, 0.05) is 24.4 Å². The molecule has 1 amide bonds. The van der Waals surface area contributed by atoms with Crippen molar-refractivity contribution in [2.75, 3.05) is 13.7 Å². The molecule has 1 aromatic carbocycles. The minimum atomic E-state index is -0.829. The number of hydrogen-bond acceptors (Lipinski definition) is 5. The van der Waals surface area contributed by atoms with Crippen LogP contribution in [0.2, 0.25) is 0 Å². The molecule has 0 saturated heterocycles. The number of benzene rings is 1. The molecule has 0 bridgehead atoms. The number of hydrogen-bond donors (Lipinski definition) is 2. The maximum atomic E-state index is 12.1. The molecule has 0 aliphatic carbocycles. The second-order valence-electron chi connectivity index (χ2n) is 5.31. The van der Waals surface area contributed by atoms with Gasteiger partial charge in [0.05, 0.1) is 7.11 Å². The average molecular weight is 333 g/mol. The quantitative estimate of drug-likeness (QED) is 0.566. The zero-order valence-corrected chi connectivity index (χ0v) is 13.3. The molecule has 0 atom stereocenters. The molecule has 2 N–H and O–H groups in total. The molecule has 0 aliphatic rings. The molecular weight excluding hydrogens is 314 g/mol. The van der Waals surface area contributed by atoms with E-state index < -0.39 is 17.5 Å². The van der Waals surface area contributed by atoms with E-state index in [1.807, 2.05) is 0 Å². The van der Waals surface area contributed by atoms with E-state index >= 15 is 0 Å². The SMILES string of the molecule is COc1ccc2cc(C(=O)NCCCCCC(=O)O)c(=O)oc2c1. The number of rotatable bonds is 8. The second kappa shape index (κ2) is 8.14. The fraction of sp³-hybridized carbons (Fsp3) is 0.353. The van der Waals surface area contributed by atoms with Crippen molar-refractivity contribution in [1.29, 1.82) is 0 Å². The summed E-state index contributed by atoms with van der Waals surface area (Å²) in [6, 6.07) is 6.49. The van der Waals surface area contributed by atoms with Gasteiger partial charge in [-0.1, -0.05) is 6.42 Å². The highest BCUT2D eigenvalue weighted by Crippen LogP contribution is 2.20. The van der Waals surface area contributed by atoms with E-state index in [0.29, 0.717) is 42.5 Å². The Morgan fingerprint density at radius 1 is 1.21 bits per heavy atom. The molecule has 0 spiro atoms. The average Bonchev–Trinajstić information content (AvgIpc) is 2.56. The summed E-state index contributed by atoms with van der Waals surface area (Å²) in [5.41, 5.74) is -0.415. The minimum absolute atomic E-state index is 0.0572. The van der Waals surface area contributed by atoms with E-state index in [2.05, 4.69) is 5.32 Å². The molecule has 0 unspecified atom stereocenters. The standard InChI is InChI=1S/C17H19NO6/c1-23-12-7-6-11-9-13(17(22)24-14(11)10-12)16(21)18-8-4-2-3-5-15(19)20/h6-7,9-10H,2-5,8H2,1H3,(H,18,21)(H,19,20). The third kappa shape index (κ3) is 4.58. The Hall–Kier alpha value is -2.83. The maximum absolute atomic E-state index is 12.1. The van der Waals surface area contributed by atoms with Gasteiger partial charge in [-0.25, -0.2) is 4.79 Å². The van der Waals surface area contributed by atoms with Gasteiger partial charge in [-0.05, 0) is 31.0 Å². The van der Waals surface area contributed by atoms with Gasteiger partial charge in [-0.3, -0.25) is 9.59 Å². The summed E-state index contributed by atoms with van der Waals surface area (Å²) < 4.78 is 10.2. The number of methoxy groups -OCH3 is 1. The minimum Gasteiger partial charge on any atom is -0.497 e. The highest BCUT2D eigenvalue weighted by atomic mass is 16.5. The first kappa shape index (κ1) is 17.5. The monoisotopic (exact) mass is 333 g/mol. The molecule has 128 valence electrons. The number of fused-ring (bicyclic) bond motifs is 1. The van der Waals surface area contributed by atoms with Crippen molar-refractivity contribution in [3.05, 3.63) is 40.2 Å². The summed E-state index contributed by atoms with van der Waals surface area (Å²) in [6.45, 7) is 0.374. The molecular formula is C17H19NO6. The van der Waals surface area contributed by atoms with Gasteiger partial charge >= 0.3 is 11.6 Å². The van der Waals surface area contributed by atoms with Crippen molar-refractivity contribution in [3.8, 4) is 5.75 Å². The van der Waals surface area contributed by atoms with Crippen molar-refractivity contribution in [2.24, 2.45) is 0 Å². The van der Waals surface area contributed by atoms with Crippen molar-refractivity contribution < 1.29 is 23.8 Å². The lowest BCUT2D eigenvalue weighted by atomic mass is 10.1. The van der Waals surface area contributed by atoms with Gasteiger partial charge in [0.25, 0.3) is 5.91 Å². The molecule has 2 aromatic rings. The number of amides is 1. The van der Waals surface area contributed by atoms with Crippen molar-refractivity contribution in [1.82, 2.24) is 5.32 Å². The molecule has 0 fully saturated rings. The number of aliphatic carboxylic acids is 1. The Morgan fingerprint density at radius 3 is 2.71 bits per heavy atom. The van der Waals surface area contributed by atoms with Crippen LogP contribution >= 0.6 is 0 Å². The van der Waals surface area contributed by atoms with E-state index in [4.69, 9.17) is 14.3 Å². The first-order chi connectivity index (χ1) is 11.5. The van der Waals surface area contributed by atoms with Gasteiger partial charge in [-0.2, -0.15) is 0 Å². The van der Waals surface area contributed by atoms with E-state index in [-0.39, 0.29) is 12.0 Å². The van der Waals surface area contributed by atoms with Gasteiger partial charge < -0.3 is 19.6 Å². The van der Waals surface area contributed by atoms with Crippen LogP contribution in [-0.2, 0) is 4.79 Å². The van der Waals surface area contributed by atoms with Crippen LogP contribution in [0.4, 0.5) is 0 Å². The molecule has 7 heteroatoms. The zero-order chi connectivity index (χ0) is 17.5. The normalized spacial score (nSPS) is 10.5. The lowest BCUT2D eigenvalue weighted by molar-refractivity contribution is -0.137. The summed E-state index contributed by atoms with van der Waals surface area (Å²) >= 11 is 0. The number of nitrogens with one attached hydrogen (secondary N) is 1. The summed E-state index contributed by atoms with van der Waals surface area (Å²) in [4.78, 5) is 34.4. The molecule has 0 radical (unpaired) electrons. The molecule has 1 aromatic heterocycles. The Balaban J connectivity index is 1.98. The van der Waals surface area contributed by atoms with Crippen LogP contribution in [0.15, 0.2) is 33.5 Å². The Bertz CT molecular complexity index is 795. The third-order valence-electron chi connectivity index (χ3n) is 3.54. The van der Waals surface area contributed by atoms with Crippen LogP contribution in [-0.4, -0.2) is 30.6 Å². The molecule has 7 nitrogen and oxygen atoms in total. The molecule has 0 saturated carbocycles. The first-order valence-corrected chi connectivity index (χ1v) is 7.63. The Morgan fingerprint density at radius 2 is 2.00 bits per heavy atom. The van der Waals surface area contributed by atoms with Crippen molar-refractivity contribution >= 4 is 22.8 Å². The number of ether oxygens (including phenoxy) is 1. The van der Waals surface area contributed by atoms with Crippen LogP contribution in [0.3, 0.4) is 0 Å². The largest absolute Gasteiger partial charge is 0.497 e. The summed E-state index contributed by atoms with van der Waals surface area (Å²) in [5.74, 6) is -0.770. The number of carboxylic acids is 1. The van der Waals surface area contributed by atoms with E-state index in [1.165, 1.54) is 13.2 Å². The number of unbranched alkanes of at least 4 members (excludes halogenated alkanes) is 2. The predicted molar refractivity (Wildman–Crippen MR) is 87.5 cm³/mol. The van der Waals surface area contributed by atoms with Gasteiger partial charge in [0.1, 0.15) is 16.9 Å². The topological polar surface area (TPSA) is 106 Å². The van der Waals surface area contributed by atoms with Crippen LogP contribution in [0, 0.1) is 0 Å². The van der Waals surface area contributed by atoms with Crippen LogP contribution < -0.4 is 15.7 Å². The van der Waals surface area contributed by atoms with E-state index in [0.717, 1.165) is 0 Å². The fourth-order valence-corrected chi connectivity index (χ4v) is 2.25. The molecule has 0 aliphatic heterocycles. The van der Waals surface area contributed by atoms with Crippen LogP contribution in [0.5, 0.6) is 5.75 Å². The van der Waals surface area contributed by atoms with Gasteiger partial charge in [-0.15, -0.1) is 0 Å². The third-order valence-corrected chi connectivity index (χ3v) is 3.54. The summed E-state index contributed by atoms with van der Waals surface area (Å²) in [6.07, 6.45) is 2.02. The molecule has 24 heavy (non-hydrogen) atoms. The van der Waals surface area contributed by atoms with E-state index in [9.17, 15) is 14.4 Å². The van der Waals surface area contributed by atoms with E-state index in [1.54, 1.807) is 18.2 Å². The van der Waals surface area contributed by atoms with Gasteiger partial charge in [0.15, 0.2) is 0 Å². The maximum Gasteiger partial charge on any atom is 0.349 e. The number of carbonyl (C=O) groups is 2. The van der Waals surface area contributed by atoms with Crippen molar-refractivity contribution in [3.63, 3.8) is 0 Å². The predicted octanol–water partition coefficient (Wildman–Crippen LogP) is 2.18. The lowest BCUT2D eigenvalue weighted by Gasteiger charge is -2.06. The van der Waals surface area contributed by atoms with Crippen LogP contribution in [0.25, 0.3) is 11.0 Å². The van der Waals surface area contributed by atoms with Crippen LogP contribution in [0.1, 0.15) is 36.0 Å². The smallest absolute Gasteiger partial charge is 0.349 e. The van der Waals surface area contributed by atoms with Crippen molar-refractivity contribution in [2.45, 2.75) is 25.7 Å². The Labute approximate surface area is 138 Å². The Kier molecular flexibility index (Phi) is 5.95.